The first-order valence-electron chi connectivity index (χ1n) is 51.2. The zero-order valence-electron chi connectivity index (χ0n) is 83.1. The molecule has 692 valence electrons. The Morgan fingerprint density at radius 3 is 0.579 bits per heavy atom. The van der Waals surface area contributed by atoms with E-state index in [1.807, 2.05) is 0 Å². The van der Waals surface area contributed by atoms with Crippen LogP contribution in [0.5, 0.6) is 0 Å². The van der Waals surface area contributed by atoms with Crippen molar-refractivity contribution in [1.29, 1.82) is 0 Å². The monoisotopic (exact) mass is 1860 g/mol. The summed E-state index contributed by atoms with van der Waals surface area (Å²) in [5.74, 6) is 0. The summed E-state index contributed by atoms with van der Waals surface area (Å²) in [4.78, 5) is 2.52. The van der Waals surface area contributed by atoms with E-state index in [1.165, 1.54) is 199 Å². The molecule has 0 amide bonds. The predicted octanol–water partition coefficient (Wildman–Crippen LogP) is 36.4. The zero-order chi connectivity index (χ0) is 97.6. The summed E-state index contributed by atoms with van der Waals surface area (Å²) in [7, 11) is 0. The van der Waals surface area contributed by atoms with Crippen molar-refractivity contribution in [3.8, 4) is 83.8 Å². The van der Waals surface area contributed by atoms with Crippen molar-refractivity contribution in [1.82, 2.24) is 13.7 Å². The number of aromatic nitrogens is 3. The van der Waals surface area contributed by atoms with Gasteiger partial charge in [-0.3, -0.25) is 0 Å². The Balaban J connectivity index is 0.670. The average Bonchev–Trinajstić information content (AvgIpc) is 1.54. The van der Waals surface area contributed by atoms with Crippen molar-refractivity contribution in [3.05, 3.63) is 575 Å². The highest BCUT2D eigenvalue weighted by atomic mass is 15.1. The lowest BCUT2D eigenvalue weighted by Crippen LogP contribution is -2.29. The number of hydrogen-bond acceptors (Lipinski definition) is 1. The fourth-order valence-corrected chi connectivity index (χ4v) is 25.5. The van der Waals surface area contributed by atoms with Crippen molar-refractivity contribution in [2.45, 2.75) is 94.8 Å². The van der Waals surface area contributed by atoms with Crippen molar-refractivity contribution in [2.24, 2.45) is 0 Å². The molecule has 3 heterocycles. The summed E-state index contributed by atoms with van der Waals surface area (Å²) in [6, 6.07) is 188. The van der Waals surface area contributed by atoms with E-state index in [2.05, 4.69) is 572 Å². The smallest absolute Gasteiger partial charge is 0.0713 e. The molecule has 4 nitrogen and oxygen atoms in total. The number of benzene rings is 21. The Bertz CT molecular complexity index is 8300. The predicted molar refractivity (Wildman–Crippen MR) is 608 cm³/mol. The molecule has 3 aliphatic rings. The van der Waals surface area contributed by atoms with Gasteiger partial charge in [0.15, 0.2) is 0 Å². The quantitative estimate of drug-likeness (QED) is 0.100. The summed E-state index contributed by atoms with van der Waals surface area (Å²) in [6.07, 6.45) is 0. The molecular formula is C141H108N4. The Kier molecular flexibility index (Phi) is 19.7. The lowest BCUT2D eigenvalue weighted by molar-refractivity contribution is 0.590. The molecule has 0 bridgehead atoms. The number of anilines is 3. The van der Waals surface area contributed by atoms with Gasteiger partial charge in [0.25, 0.3) is 0 Å². The topological polar surface area (TPSA) is 18.0 Å². The van der Waals surface area contributed by atoms with Crippen LogP contribution >= 0.6 is 0 Å². The molecule has 27 rings (SSSR count). The maximum absolute atomic E-state index is 2.55. The summed E-state index contributed by atoms with van der Waals surface area (Å²) in [6.45, 7) is 20.7. The molecule has 0 unspecified atom stereocenters. The van der Waals surface area contributed by atoms with Crippen molar-refractivity contribution < 1.29 is 0 Å². The van der Waals surface area contributed by atoms with Gasteiger partial charge in [-0.15, -0.1) is 0 Å². The van der Waals surface area contributed by atoms with Crippen LogP contribution in [0.15, 0.2) is 491 Å². The number of nitrogens with zero attached hydrogens (tertiary/aromatic N) is 4. The van der Waals surface area contributed by atoms with Crippen LogP contribution in [0.1, 0.15) is 146 Å². The van der Waals surface area contributed by atoms with Crippen LogP contribution in [0.3, 0.4) is 0 Å². The molecule has 0 saturated carbocycles. The molecule has 0 atom stereocenters. The van der Waals surface area contributed by atoms with E-state index in [4.69, 9.17) is 0 Å². The third kappa shape index (κ3) is 13.3. The second kappa shape index (κ2) is 33.0. The highest BCUT2D eigenvalue weighted by Gasteiger charge is 2.50. The van der Waals surface area contributed by atoms with E-state index in [0.29, 0.717) is 0 Å². The van der Waals surface area contributed by atoms with Crippen LogP contribution in [0.25, 0.3) is 149 Å². The summed E-state index contributed by atoms with van der Waals surface area (Å²) < 4.78 is 7.46. The molecule has 0 saturated heterocycles. The van der Waals surface area contributed by atoms with Gasteiger partial charge in [0.05, 0.1) is 49.3 Å². The minimum atomic E-state index is -0.766. The SMILES string of the molecule is CC(C)(C)c1ccc(-n2c3ccc(-c4ccccc4)cc3c3cc(C4(c5ccc(N(c6ccc(C7(c8ccc9c(c8)c8cc(-c%10ccccc%10)ccc8n9-c8ccc(C(C)(C)C)cc8)c8ccccc8-c8ccccc87)cc6)c6ccc(C7(c8ccc9c(c8)c8cc(-c%10ccccc%10)ccc8n9-c8ccc(C(C)(C)C)cc8)c8ccccc8-c8ccccc87)cc6)cc5)c5ccccc5-c5ccccc54)ccc32)cc1. The fourth-order valence-electron chi connectivity index (χ4n) is 25.5. The van der Waals surface area contributed by atoms with Gasteiger partial charge in [-0.2, -0.15) is 0 Å². The van der Waals surface area contributed by atoms with Gasteiger partial charge in [-0.05, 0) is 312 Å². The van der Waals surface area contributed by atoms with E-state index < -0.39 is 16.2 Å². The lowest BCUT2D eigenvalue weighted by atomic mass is 9.67. The molecule has 0 fully saturated rings. The molecule has 145 heavy (non-hydrogen) atoms. The third-order valence-corrected chi connectivity index (χ3v) is 32.4. The second-order valence-corrected chi connectivity index (χ2v) is 43.4. The van der Waals surface area contributed by atoms with Crippen molar-refractivity contribution in [2.75, 3.05) is 4.90 Å². The number of fused-ring (bicyclic) bond motifs is 18. The van der Waals surface area contributed by atoms with Gasteiger partial charge >= 0.3 is 0 Å². The molecule has 0 N–H and O–H groups in total. The van der Waals surface area contributed by atoms with Gasteiger partial charge in [0.2, 0.25) is 0 Å². The van der Waals surface area contributed by atoms with Gasteiger partial charge in [-0.25, -0.2) is 0 Å². The molecule has 4 heteroatoms. The van der Waals surface area contributed by atoms with E-state index in [1.54, 1.807) is 0 Å². The van der Waals surface area contributed by atoms with Gasteiger partial charge in [0.1, 0.15) is 0 Å². The lowest BCUT2D eigenvalue weighted by Gasteiger charge is -2.36. The average molecular weight is 1860 g/mol. The Labute approximate surface area is 848 Å². The van der Waals surface area contributed by atoms with Gasteiger partial charge in [-0.1, -0.05) is 408 Å². The summed E-state index contributed by atoms with van der Waals surface area (Å²) >= 11 is 0. The van der Waals surface area contributed by atoms with Crippen LogP contribution in [-0.2, 0) is 32.5 Å². The molecule has 0 radical (unpaired) electrons. The Morgan fingerprint density at radius 1 is 0.166 bits per heavy atom. The zero-order valence-corrected chi connectivity index (χ0v) is 83.1. The second-order valence-electron chi connectivity index (χ2n) is 43.4. The molecule has 0 aliphatic heterocycles. The highest BCUT2D eigenvalue weighted by Crippen LogP contribution is 2.62. The molecule has 0 spiro atoms. The van der Waals surface area contributed by atoms with E-state index in [9.17, 15) is 0 Å². The molecule has 24 aromatic rings. The maximum atomic E-state index is 2.55. The first-order valence-corrected chi connectivity index (χ1v) is 51.2. The maximum Gasteiger partial charge on any atom is 0.0713 e. The normalized spacial score (nSPS) is 13.7. The number of hydrogen-bond donors (Lipinski definition) is 0. The molecule has 21 aromatic carbocycles. The largest absolute Gasteiger partial charge is 0.311 e. The third-order valence-electron chi connectivity index (χ3n) is 32.4. The first-order chi connectivity index (χ1) is 70.8. The minimum Gasteiger partial charge on any atom is -0.311 e. The van der Waals surface area contributed by atoms with Crippen molar-refractivity contribution in [3.63, 3.8) is 0 Å². The summed E-state index contributed by atoms with van der Waals surface area (Å²) in [5.41, 5.74) is 44.3. The van der Waals surface area contributed by atoms with E-state index in [0.717, 1.165) is 50.7 Å². The van der Waals surface area contributed by atoms with Gasteiger partial charge < -0.3 is 18.6 Å². The highest BCUT2D eigenvalue weighted by molar-refractivity contribution is 6.14. The first kappa shape index (κ1) is 86.9. The fraction of sp³-hybridized carbons (Fsp3) is 0.106. The molecule has 3 aromatic heterocycles. The van der Waals surface area contributed by atoms with E-state index in [-0.39, 0.29) is 16.2 Å². The van der Waals surface area contributed by atoms with Crippen LogP contribution in [0.4, 0.5) is 17.1 Å². The minimum absolute atomic E-state index is 0.00405. The van der Waals surface area contributed by atoms with Gasteiger partial charge in [0, 0.05) is 66.4 Å². The van der Waals surface area contributed by atoms with Crippen LogP contribution in [0, 0.1) is 0 Å². The van der Waals surface area contributed by atoms with Crippen LogP contribution in [0.2, 0.25) is 0 Å². The van der Waals surface area contributed by atoms with Crippen LogP contribution in [-0.4, -0.2) is 13.7 Å². The Hall–Kier alpha value is -17.2. The van der Waals surface area contributed by atoms with Crippen molar-refractivity contribution >= 4 is 82.5 Å². The molecular weight excluding hydrogens is 1750 g/mol. The standard InChI is InChI=1S/C141H108N4/c1-136(2,3)97-52-67-109(68-53-97)143-130-79-49-94(91-31-13-10-14-32-91)85-118(130)121-88-103(64-82-133(121)143)139(124-43-25-19-37-112(124)113-38-20-26-44-125(113)139)100-58-73-106(74-59-100)142(107-75-60-101(61-76-107)140(126-45-27-21-39-114(126)115-40-22-28-46-127(115)140)104-65-83-134-122(89-104)119-86-95(92-33-15-11-16-34-92)50-80-131(119)144(134)110-69-54-98(55-70-110)137(4,5)6)108-77-62-102(63-78-108)141(128-47-29-23-41-116(128)117-42-24-30-48-129(117)141)105-66-84-135-123(90-105)120-87-96(93-35-17-12-18-36-93)51-81-132(120)145(135)111-71-56-99(57-72-111)138(7,8)9/h10-90H,1-9H3. The molecule has 3 aliphatic carbocycles. The summed E-state index contributed by atoms with van der Waals surface area (Å²) in [5, 5.41) is 7.21. The van der Waals surface area contributed by atoms with E-state index >= 15 is 0 Å². The Morgan fingerprint density at radius 2 is 0.359 bits per heavy atom. The number of rotatable bonds is 15. The van der Waals surface area contributed by atoms with Crippen LogP contribution < -0.4 is 4.90 Å².